The number of benzene rings is 1. The molecule has 5 nitrogen and oxygen atoms in total. The Morgan fingerprint density at radius 1 is 1.11 bits per heavy atom. The van der Waals surface area contributed by atoms with Crippen molar-refractivity contribution in [1.82, 2.24) is 5.32 Å². The molecule has 19 heavy (non-hydrogen) atoms. The summed E-state index contributed by atoms with van der Waals surface area (Å²) in [7, 11) is 4.78. The largest absolute Gasteiger partial charge is 0.493 e. The first-order valence-corrected chi connectivity index (χ1v) is 6.44. The second-order valence-electron chi connectivity index (χ2n) is 4.47. The fourth-order valence-corrected chi connectivity index (χ4v) is 2.24. The van der Waals surface area contributed by atoms with Crippen LogP contribution in [-0.4, -0.2) is 40.5 Å². The van der Waals surface area contributed by atoms with Gasteiger partial charge in [0.25, 0.3) is 0 Å². The van der Waals surface area contributed by atoms with Crippen molar-refractivity contribution in [2.24, 2.45) is 0 Å². The van der Waals surface area contributed by atoms with Crippen LogP contribution in [0.25, 0.3) is 0 Å². The maximum atomic E-state index is 5.80. The number of ether oxygens (including phenoxy) is 4. The number of nitrogens with one attached hydrogen (secondary N) is 1. The number of hydrogen-bond acceptors (Lipinski definition) is 5. The van der Waals surface area contributed by atoms with Crippen molar-refractivity contribution in [3.63, 3.8) is 0 Å². The monoisotopic (exact) mass is 267 g/mol. The van der Waals surface area contributed by atoms with Gasteiger partial charge in [-0.05, 0) is 19.4 Å². The van der Waals surface area contributed by atoms with E-state index in [4.69, 9.17) is 18.9 Å². The van der Waals surface area contributed by atoms with Crippen LogP contribution in [0.1, 0.15) is 12.8 Å². The summed E-state index contributed by atoms with van der Waals surface area (Å²) < 4.78 is 21.7. The van der Waals surface area contributed by atoms with Gasteiger partial charge in [0.2, 0.25) is 5.75 Å². The van der Waals surface area contributed by atoms with Crippen LogP contribution in [0, 0.1) is 0 Å². The van der Waals surface area contributed by atoms with Crippen LogP contribution in [0.2, 0.25) is 0 Å². The third-order valence-electron chi connectivity index (χ3n) is 3.25. The van der Waals surface area contributed by atoms with Crippen molar-refractivity contribution in [2.45, 2.75) is 18.9 Å². The minimum Gasteiger partial charge on any atom is -0.493 e. The third kappa shape index (κ3) is 3.23. The van der Waals surface area contributed by atoms with Gasteiger partial charge < -0.3 is 24.3 Å². The quantitative estimate of drug-likeness (QED) is 0.852. The Balaban J connectivity index is 2.11. The molecule has 1 saturated heterocycles. The summed E-state index contributed by atoms with van der Waals surface area (Å²) in [6.45, 7) is 1.72. The van der Waals surface area contributed by atoms with Crippen LogP contribution >= 0.6 is 0 Å². The Hall–Kier alpha value is -1.62. The summed E-state index contributed by atoms with van der Waals surface area (Å²) in [6, 6.07) is 4.06. The zero-order valence-corrected chi connectivity index (χ0v) is 11.7. The Morgan fingerprint density at radius 3 is 2.26 bits per heavy atom. The van der Waals surface area contributed by atoms with Gasteiger partial charge in [0, 0.05) is 18.2 Å². The van der Waals surface area contributed by atoms with Crippen LogP contribution < -0.4 is 24.3 Å². The van der Waals surface area contributed by atoms with Gasteiger partial charge in [-0.1, -0.05) is 0 Å². The van der Waals surface area contributed by atoms with Gasteiger partial charge in [0.1, 0.15) is 12.4 Å². The highest BCUT2D eigenvalue weighted by Gasteiger charge is 2.17. The van der Waals surface area contributed by atoms with Crippen molar-refractivity contribution in [3.05, 3.63) is 12.1 Å². The predicted octanol–water partition coefficient (Wildman–Crippen LogP) is 1.84. The normalized spacial score (nSPS) is 18.2. The molecule has 0 radical (unpaired) electrons. The van der Waals surface area contributed by atoms with E-state index in [-0.39, 0.29) is 0 Å². The lowest BCUT2D eigenvalue weighted by Gasteiger charge is -2.16. The van der Waals surface area contributed by atoms with Gasteiger partial charge in [-0.2, -0.15) is 0 Å². The molecule has 1 N–H and O–H groups in total. The first kappa shape index (κ1) is 13.8. The number of methoxy groups -OCH3 is 3. The van der Waals surface area contributed by atoms with Crippen LogP contribution in [0.4, 0.5) is 0 Å². The van der Waals surface area contributed by atoms with Crippen molar-refractivity contribution in [2.75, 3.05) is 34.5 Å². The molecule has 2 rings (SSSR count). The Labute approximate surface area is 113 Å². The van der Waals surface area contributed by atoms with E-state index in [9.17, 15) is 0 Å². The molecular weight excluding hydrogens is 246 g/mol. The molecule has 1 aromatic carbocycles. The second kappa shape index (κ2) is 6.52. The van der Waals surface area contributed by atoms with E-state index in [2.05, 4.69) is 5.32 Å². The average molecular weight is 267 g/mol. The van der Waals surface area contributed by atoms with Gasteiger partial charge >= 0.3 is 0 Å². The zero-order valence-electron chi connectivity index (χ0n) is 11.7. The maximum Gasteiger partial charge on any atom is 0.203 e. The van der Waals surface area contributed by atoms with Crippen molar-refractivity contribution < 1.29 is 18.9 Å². The molecule has 0 bridgehead atoms. The minimum absolute atomic E-state index is 0.430. The minimum atomic E-state index is 0.430. The van der Waals surface area contributed by atoms with Crippen LogP contribution in [0.3, 0.4) is 0 Å². The van der Waals surface area contributed by atoms with Crippen LogP contribution in [0.15, 0.2) is 12.1 Å². The second-order valence-corrected chi connectivity index (χ2v) is 4.47. The summed E-state index contributed by atoms with van der Waals surface area (Å²) in [6.07, 6.45) is 2.37. The Bertz CT molecular complexity index is 391. The molecule has 1 aliphatic rings. The zero-order chi connectivity index (χ0) is 13.7. The molecule has 0 aromatic heterocycles. The topological polar surface area (TPSA) is 49.0 Å². The first-order valence-electron chi connectivity index (χ1n) is 6.44. The molecule has 1 unspecified atom stereocenters. The molecule has 1 atom stereocenters. The van der Waals surface area contributed by atoms with Crippen molar-refractivity contribution in [3.8, 4) is 23.0 Å². The summed E-state index contributed by atoms with van der Waals surface area (Å²) in [5.41, 5.74) is 0. The van der Waals surface area contributed by atoms with E-state index in [1.54, 1.807) is 21.3 Å². The molecule has 0 saturated carbocycles. The summed E-state index contributed by atoms with van der Waals surface area (Å²) in [5, 5.41) is 3.39. The molecule has 0 spiro atoms. The fourth-order valence-electron chi connectivity index (χ4n) is 2.24. The van der Waals surface area contributed by atoms with Gasteiger partial charge in [0.05, 0.1) is 21.3 Å². The van der Waals surface area contributed by atoms with Gasteiger partial charge in [0.15, 0.2) is 11.5 Å². The lowest BCUT2D eigenvalue weighted by molar-refractivity contribution is 0.270. The molecule has 0 amide bonds. The standard InChI is InChI=1S/C14H21NO4/c1-16-12-7-11(8-13(17-2)14(12)18-3)19-9-10-5-4-6-15-10/h7-8,10,15H,4-6,9H2,1-3H3. The number of rotatable bonds is 6. The Morgan fingerprint density at radius 2 is 1.79 bits per heavy atom. The van der Waals surface area contributed by atoms with E-state index in [0.717, 1.165) is 18.7 Å². The Kier molecular flexibility index (Phi) is 4.74. The molecule has 1 fully saturated rings. The highest BCUT2D eigenvalue weighted by atomic mass is 16.5. The van der Waals surface area contributed by atoms with Gasteiger partial charge in [-0.3, -0.25) is 0 Å². The average Bonchev–Trinajstić information content (AvgIpc) is 2.97. The van der Waals surface area contributed by atoms with E-state index >= 15 is 0 Å². The smallest absolute Gasteiger partial charge is 0.203 e. The molecule has 5 heteroatoms. The summed E-state index contributed by atoms with van der Waals surface area (Å²) in [4.78, 5) is 0. The van der Waals surface area contributed by atoms with Crippen molar-refractivity contribution >= 4 is 0 Å². The van der Waals surface area contributed by atoms with E-state index in [1.165, 1.54) is 6.42 Å². The van der Waals surface area contributed by atoms with E-state index < -0.39 is 0 Å². The van der Waals surface area contributed by atoms with Crippen molar-refractivity contribution in [1.29, 1.82) is 0 Å². The maximum absolute atomic E-state index is 5.80. The van der Waals surface area contributed by atoms with Crippen LogP contribution in [0.5, 0.6) is 23.0 Å². The molecule has 106 valence electrons. The van der Waals surface area contributed by atoms with Crippen LogP contribution in [-0.2, 0) is 0 Å². The first-order chi connectivity index (χ1) is 9.28. The fraction of sp³-hybridized carbons (Fsp3) is 0.571. The highest BCUT2D eigenvalue weighted by Crippen LogP contribution is 2.40. The van der Waals surface area contributed by atoms with Gasteiger partial charge in [-0.25, -0.2) is 0 Å². The molecule has 0 aliphatic carbocycles. The lowest BCUT2D eigenvalue weighted by atomic mass is 10.2. The lowest BCUT2D eigenvalue weighted by Crippen LogP contribution is -2.28. The molecular formula is C14H21NO4. The SMILES string of the molecule is COc1cc(OCC2CCCN2)cc(OC)c1OC. The van der Waals surface area contributed by atoms with E-state index in [1.807, 2.05) is 12.1 Å². The summed E-state index contributed by atoms with van der Waals surface area (Å²) >= 11 is 0. The predicted molar refractivity (Wildman–Crippen MR) is 72.6 cm³/mol. The third-order valence-corrected chi connectivity index (χ3v) is 3.25. The molecule has 1 aromatic rings. The number of hydrogen-bond donors (Lipinski definition) is 1. The van der Waals surface area contributed by atoms with E-state index in [0.29, 0.717) is 29.9 Å². The highest BCUT2D eigenvalue weighted by molar-refractivity contribution is 5.55. The molecule has 1 heterocycles. The summed E-state index contributed by atoms with van der Waals surface area (Å²) in [5.74, 6) is 2.52. The van der Waals surface area contributed by atoms with Gasteiger partial charge in [-0.15, -0.1) is 0 Å². The molecule has 1 aliphatic heterocycles.